The first-order valence-electron chi connectivity index (χ1n) is 18.7. The van der Waals surface area contributed by atoms with E-state index < -0.39 is 78.9 Å². The minimum Gasteiger partial charge on any atom is -0.465 e. The molecule has 0 aromatic rings. The molecule has 0 saturated carbocycles. The summed E-state index contributed by atoms with van der Waals surface area (Å²) < 4.78 is 69.4. The zero-order valence-electron chi connectivity index (χ0n) is 32.7. The van der Waals surface area contributed by atoms with Crippen LogP contribution in [0.15, 0.2) is 0 Å². The molecular formula is C37H60O16. The molecule has 0 radical (unpaired) electrons. The van der Waals surface area contributed by atoms with Crippen LogP contribution in [0.5, 0.6) is 0 Å². The van der Waals surface area contributed by atoms with Crippen molar-refractivity contribution in [1.29, 1.82) is 0 Å². The molecule has 16 nitrogen and oxygen atoms in total. The summed E-state index contributed by atoms with van der Waals surface area (Å²) in [6.07, 6.45) is 1.13. The Morgan fingerprint density at radius 2 is 0.660 bits per heavy atom. The summed E-state index contributed by atoms with van der Waals surface area (Å²) in [5.74, 6) is -7.70. The maximum Gasteiger partial charge on any atom is 0.311 e. The second-order valence-electron chi connectivity index (χ2n) is 15.6. The van der Waals surface area contributed by atoms with Gasteiger partial charge in [-0.2, -0.15) is 0 Å². The Hall–Kier alpha value is -2.44. The number of ether oxygens (including phenoxy) is 12. The smallest absolute Gasteiger partial charge is 0.311 e. The second kappa shape index (κ2) is 18.5. The van der Waals surface area contributed by atoms with Crippen LogP contribution in [0, 0.1) is 5.41 Å². The Bertz CT molecular complexity index is 1070. The molecule has 16 heteroatoms. The van der Waals surface area contributed by atoms with E-state index in [9.17, 15) is 19.2 Å². The van der Waals surface area contributed by atoms with Gasteiger partial charge in [-0.25, -0.2) is 0 Å². The Morgan fingerprint density at radius 3 is 0.849 bits per heavy atom. The SMILES string of the molecule is CC1CCOC(C)(CC(=O)OCC(COC(=O)CC2(C)OCCC(C)O2)(COC(=O)CC2(C)OCCC(C)O2)COC(=O)CC2(C)OCCC(C)O2)O1. The van der Waals surface area contributed by atoms with Gasteiger partial charge in [-0.15, -0.1) is 0 Å². The van der Waals surface area contributed by atoms with Crippen LogP contribution in [-0.2, 0) is 76.0 Å². The van der Waals surface area contributed by atoms with E-state index in [-0.39, 0.29) is 50.1 Å². The third kappa shape index (κ3) is 14.0. The fraction of sp³-hybridized carbons (Fsp3) is 0.892. The van der Waals surface area contributed by atoms with Gasteiger partial charge in [0.25, 0.3) is 0 Å². The molecule has 0 bridgehead atoms. The number of carbonyl (C=O) groups is 4. The Labute approximate surface area is 312 Å². The molecule has 0 spiro atoms. The first kappa shape index (κ1) is 43.3. The monoisotopic (exact) mass is 760 g/mol. The summed E-state index contributed by atoms with van der Waals surface area (Å²) in [7, 11) is 0. The zero-order chi connectivity index (χ0) is 38.9. The number of rotatable bonds is 16. The highest BCUT2D eigenvalue weighted by Crippen LogP contribution is 2.32. The zero-order valence-corrected chi connectivity index (χ0v) is 32.7. The number of hydrogen-bond donors (Lipinski definition) is 0. The highest BCUT2D eigenvalue weighted by molar-refractivity contribution is 5.72. The summed E-state index contributed by atoms with van der Waals surface area (Å²) in [4.78, 5) is 53.1. The summed E-state index contributed by atoms with van der Waals surface area (Å²) in [6.45, 7) is 13.8. The van der Waals surface area contributed by atoms with E-state index in [2.05, 4.69) is 0 Å². The van der Waals surface area contributed by atoms with Crippen molar-refractivity contribution < 1.29 is 76.0 Å². The van der Waals surface area contributed by atoms with Crippen LogP contribution in [0.2, 0.25) is 0 Å². The van der Waals surface area contributed by atoms with E-state index in [1.165, 1.54) is 0 Å². The van der Waals surface area contributed by atoms with E-state index in [0.717, 1.165) is 0 Å². The average Bonchev–Trinajstić information content (AvgIpc) is 3.02. The van der Waals surface area contributed by atoms with Gasteiger partial charge in [0.2, 0.25) is 0 Å². The largest absolute Gasteiger partial charge is 0.465 e. The maximum absolute atomic E-state index is 13.3. The number of carbonyl (C=O) groups excluding carboxylic acids is 4. The van der Waals surface area contributed by atoms with Crippen LogP contribution in [0.25, 0.3) is 0 Å². The Kier molecular flexibility index (Phi) is 15.1. The van der Waals surface area contributed by atoms with E-state index in [4.69, 9.17) is 56.8 Å². The lowest BCUT2D eigenvalue weighted by molar-refractivity contribution is -0.282. The minimum absolute atomic E-state index is 0.134. The van der Waals surface area contributed by atoms with E-state index in [1.54, 1.807) is 27.7 Å². The summed E-state index contributed by atoms with van der Waals surface area (Å²) in [5.41, 5.74) is -1.56. The van der Waals surface area contributed by atoms with Crippen molar-refractivity contribution in [3.8, 4) is 0 Å². The van der Waals surface area contributed by atoms with Gasteiger partial charge in [-0.3, -0.25) is 19.2 Å². The minimum atomic E-state index is -1.56. The molecule has 0 aromatic carbocycles. The molecule has 0 N–H and O–H groups in total. The lowest BCUT2D eigenvalue weighted by Crippen LogP contribution is -2.48. The molecule has 4 aliphatic heterocycles. The van der Waals surface area contributed by atoms with Crippen molar-refractivity contribution in [2.45, 2.75) is 154 Å². The molecule has 8 atom stereocenters. The molecule has 4 aliphatic rings. The van der Waals surface area contributed by atoms with Crippen molar-refractivity contribution in [1.82, 2.24) is 0 Å². The van der Waals surface area contributed by atoms with Gasteiger partial charge in [-0.05, 0) is 81.1 Å². The third-order valence-electron chi connectivity index (χ3n) is 9.55. The summed E-state index contributed by atoms with van der Waals surface area (Å²) >= 11 is 0. The quantitative estimate of drug-likeness (QED) is 0.163. The van der Waals surface area contributed by atoms with Crippen LogP contribution >= 0.6 is 0 Å². The summed E-state index contributed by atoms with van der Waals surface area (Å²) in [6, 6.07) is 0. The van der Waals surface area contributed by atoms with Gasteiger partial charge in [-0.1, -0.05) is 0 Å². The lowest BCUT2D eigenvalue weighted by atomic mass is 9.92. The van der Waals surface area contributed by atoms with Gasteiger partial charge < -0.3 is 56.8 Å². The predicted octanol–water partition coefficient (Wildman–Crippen LogP) is 3.87. The molecular weight excluding hydrogens is 700 g/mol. The molecule has 8 unspecified atom stereocenters. The topological polar surface area (TPSA) is 179 Å². The average molecular weight is 761 g/mol. The highest BCUT2D eigenvalue weighted by atomic mass is 16.7. The molecule has 0 aromatic heterocycles. The molecule has 53 heavy (non-hydrogen) atoms. The summed E-state index contributed by atoms with van der Waals surface area (Å²) in [5, 5.41) is 0. The number of hydrogen-bond acceptors (Lipinski definition) is 16. The molecule has 304 valence electrons. The van der Waals surface area contributed by atoms with Crippen LogP contribution in [0.3, 0.4) is 0 Å². The Morgan fingerprint density at radius 1 is 0.453 bits per heavy atom. The molecule has 4 saturated heterocycles. The van der Waals surface area contributed by atoms with Crippen molar-refractivity contribution in [3.63, 3.8) is 0 Å². The van der Waals surface area contributed by atoms with Gasteiger partial charge in [0, 0.05) is 0 Å². The van der Waals surface area contributed by atoms with Crippen LogP contribution in [-0.4, -0.2) is 124 Å². The normalized spacial score (nSPS) is 36.1. The fourth-order valence-electron chi connectivity index (χ4n) is 6.65. The van der Waals surface area contributed by atoms with E-state index in [0.29, 0.717) is 52.1 Å². The second-order valence-corrected chi connectivity index (χ2v) is 15.6. The van der Waals surface area contributed by atoms with Crippen LogP contribution < -0.4 is 0 Å². The molecule has 0 aliphatic carbocycles. The van der Waals surface area contributed by atoms with Crippen molar-refractivity contribution in [3.05, 3.63) is 0 Å². The first-order chi connectivity index (χ1) is 24.8. The van der Waals surface area contributed by atoms with Crippen molar-refractivity contribution in [2.75, 3.05) is 52.9 Å². The molecule has 4 fully saturated rings. The van der Waals surface area contributed by atoms with Gasteiger partial charge in [0.15, 0.2) is 23.1 Å². The lowest BCUT2D eigenvalue weighted by Gasteiger charge is -2.38. The van der Waals surface area contributed by atoms with Crippen LogP contribution in [0.1, 0.15) is 107 Å². The molecule has 0 amide bonds. The fourth-order valence-corrected chi connectivity index (χ4v) is 6.65. The van der Waals surface area contributed by atoms with Crippen LogP contribution in [0.4, 0.5) is 0 Å². The molecule has 4 heterocycles. The van der Waals surface area contributed by atoms with Crippen molar-refractivity contribution >= 4 is 23.9 Å². The molecule has 4 rings (SSSR count). The number of esters is 4. The van der Waals surface area contributed by atoms with Gasteiger partial charge >= 0.3 is 23.9 Å². The maximum atomic E-state index is 13.3. The predicted molar refractivity (Wildman–Crippen MR) is 183 cm³/mol. The standard InChI is InChI=1S/C37H60O16/c1-25-9-13-46-33(5,50-25)17-29(38)42-21-37(22-43-30(39)18-34(6)47-14-10-26(2)51-34,23-44-31(40)19-35(7)48-15-11-27(3)52-35)24-45-32(41)20-36(8)49-16-12-28(4)53-36/h25-28H,9-24H2,1-8H3. The first-order valence-corrected chi connectivity index (χ1v) is 18.7. The van der Waals surface area contributed by atoms with E-state index >= 15 is 0 Å². The van der Waals surface area contributed by atoms with E-state index in [1.807, 2.05) is 27.7 Å². The van der Waals surface area contributed by atoms with Crippen molar-refractivity contribution in [2.24, 2.45) is 5.41 Å². The highest BCUT2D eigenvalue weighted by Gasteiger charge is 2.44. The van der Waals surface area contributed by atoms with Gasteiger partial charge in [0.1, 0.15) is 31.8 Å². The third-order valence-corrected chi connectivity index (χ3v) is 9.55. The van der Waals surface area contributed by atoms with Gasteiger partial charge in [0.05, 0.1) is 76.5 Å². The Balaban J connectivity index is 1.52.